The molecular formula is C20H26O. The van der Waals surface area contributed by atoms with E-state index in [1.165, 1.54) is 29.5 Å². The number of benzene rings is 2. The molecule has 0 unspecified atom stereocenters. The van der Waals surface area contributed by atoms with E-state index < -0.39 is 0 Å². The Morgan fingerprint density at radius 2 is 1.48 bits per heavy atom. The second kappa shape index (κ2) is 7.87. The van der Waals surface area contributed by atoms with Crippen LogP contribution in [0.2, 0.25) is 0 Å². The smallest absolute Gasteiger partial charge is 0.119 e. The van der Waals surface area contributed by atoms with Gasteiger partial charge < -0.3 is 5.11 Å². The van der Waals surface area contributed by atoms with Gasteiger partial charge in [-0.2, -0.15) is 0 Å². The Labute approximate surface area is 128 Å². The Bertz CT molecular complexity index is 558. The van der Waals surface area contributed by atoms with Crippen LogP contribution >= 0.6 is 0 Å². The minimum Gasteiger partial charge on any atom is -0.508 e. The molecule has 1 nitrogen and oxygen atoms in total. The van der Waals surface area contributed by atoms with Crippen molar-refractivity contribution in [2.75, 3.05) is 0 Å². The number of hydrogen-bond acceptors (Lipinski definition) is 1. The molecule has 0 spiro atoms. The molecule has 0 radical (unpaired) electrons. The molecule has 1 heteroatoms. The third-order valence-electron chi connectivity index (χ3n) is 4.02. The van der Waals surface area contributed by atoms with Crippen LogP contribution in [0.4, 0.5) is 0 Å². The molecule has 0 saturated carbocycles. The Kier molecular flexibility index (Phi) is 5.86. The van der Waals surface area contributed by atoms with Gasteiger partial charge >= 0.3 is 0 Å². The van der Waals surface area contributed by atoms with Gasteiger partial charge in [0, 0.05) is 5.56 Å². The summed E-state index contributed by atoms with van der Waals surface area (Å²) in [6.45, 7) is 4.42. The van der Waals surface area contributed by atoms with Crippen molar-refractivity contribution in [3.63, 3.8) is 0 Å². The van der Waals surface area contributed by atoms with Crippen molar-refractivity contribution >= 4 is 0 Å². The first-order valence-electron chi connectivity index (χ1n) is 8.17. The number of phenols is 1. The predicted octanol–water partition coefficient (Wildman–Crippen LogP) is 5.74. The maximum atomic E-state index is 10.3. The quantitative estimate of drug-likeness (QED) is 0.686. The Hall–Kier alpha value is -1.76. The normalized spacial score (nSPS) is 10.8. The zero-order valence-electron chi connectivity index (χ0n) is 13.2. The fourth-order valence-electron chi connectivity index (χ4n) is 2.83. The lowest BCUT2D eigenvalue weighted by Crippen LogP contribution is -1.98. The topological polar surface area (TPSA) is 20.2 Å². The van der Waals surface area contributed by atoms with Crippen molar-refractivity contribution in [3.8, 4) is 16.9 Å². The molecule has 0 atom stereocenters. The predicted molar refractivity (Wildman–Crippen MR) is 90.8 cm³/mol. The van der Waals surface area contributed by atoms with Gasteiger partial charge in [0.05, 0.1) is 0 Å². The molecular weight excluding hydrogens is 256 g/mol. The second-order valence-corrected chi connectivity index (χ2v) is 5.67. The molecule has 1 N–H and O–H groups in total. The summed E-state index contributed by atoms with van der Waals surface area (Å²) in [5.74, 6) is 0.447. The third kappa shape index (κ3) is 3.87. The van der Waals surface area contributed by atoms with Gasteiger partial charge in [0.15, 0.2) is 0 Å². The lowest BCUT2D eigenvalue weighted by Gasteiger charge is -2.17. The van der Waals surface area contributed by atoms with Gasteiger partial charge in [-0.05, 0) is 48.4 Å². The zero-order valence-corrected chi connectivity index (χ0v) is 13.2. The van der Waals surface area contributed by atoms with Gasteiger partial charge in [0.2, 0.25) is 0 Å². The number of hydrogen-bond donors (Lipinski definition) is 1. The average Bonchev–Trinajstić information content (AvgIpc) is 2.53. The monoisotopic (exact) mass is 282 g/mol. The molecule has 0 aliphatic heterocycles. The van der Waals surface area contributed by atoms with Crippen LogP contribution in [-0.4, -0.2) is 5.11 Å². The minimum absolute atomic E-state index is 0.447. The van der Waals surface area contributed by atoms with Crippen molar-refractivity contribution in [3.05, 3.63) is 53.6 Å². The molecule has 2 aromatic rings. The van der Waals surface area contributed by atoms with Crippen LogP contribution in [0.3, 0.4) is 0 Å². The van der Waals surface area contributed by atoms with Crippen LogP contribution < -0.4 is 0 Å². The maximum absolute atomic E-state index is 10.3. The van der Waals surface area contributed by atoms with Crippen LogP contribution in [0.5, 0.6) is 5.75 Å². The van der Waals surface area contributed by atoms with Gasteiger partial charge in [0.25, 0.3) is 0 Å². The highest BCUT2D eigenvalue weighted by Crippen LogP contribution is 2.35. The molecule has 0 amide bonds. The number of rotatable bonds is 7. The standard InChI is InChI=1S/C20H26O/c1-3-5-10-17-14-15-19(21)18(13-6-4-2)20(17)16-11-8-7-9-12-16/h7-9,11-12,14-15,21H,3-6,10,13H2,1-2H3. The molecule has 2 aromatic carbocycles. The molecule has 0 aromatic heterocycles. The second-order valence-electron chi connectivity index (χ2n) is 5.67. The lowest BCUT2D eigenvalue weighted by atomic mass is 9.89. The Morgan fingerprint density at radius 3 is 2.14 bits per heavy atom. The molecule has 2 rings (SSSR count). The van der Waals surface area contributed by atoms with Crippen molar-refractivity contribution in [1.82, 2.24) is 0 Å². The summed E-state index contributed by atoms with van der Waals surface area (Å²) in [6, 6.07) is 14.5. The van der Waals surface area contributed by atoms with Crippen LogP contribution in [-0.2, 0) is 12.8 Å². The van der Waals surface area contributed by atoms with Crippen molar-refractivity contribution < 1.29 is 5.11 Å². The average molecular weight is 282 g/mol. The van der Waals surface area contributed by atoms with Crippen LogP contribution in [0.15, 0.2) is 42.5 Å². The van der Waals surface area contributed by atoms with E-state index >= 15 is 0 Å². The fraction of sp³-hybridized carbons (Fsp3) is 0.400. The lowest BCUT2D eigenvalue weighted by molar-refractivity contribution is 0.467. The molecule has 21 heavy (non-hydrogen) atoms. The zero-order chi connectivity index (χ0) is 15.1. The number of phenolic OH excluding ortho intramolecular Hbond substituents is 1. The Balaban J connectivity index is 2.51. The van der Waals surface area contributed by atoms with Gasteiger partial charge in [-0.3, -0.25) is 0 Å². The summed E-state index contributed by atoms with van der Waals surface area (Å²) in [5, 5.41) is 10.3. The summed E-state index contributed by atoms with van der Waals surface area (Å²) < 4.78 is 0. The first-order valence-corrected chi connectivity index (χ1v) is 8.17. The molecule has 0 aliphatic rings. The van der Waals surface area contributed by atoms with E-state index in [2.05, 4.69) is 44.2 Å². The molecule has 0 saturated heterocycles. The van der Waals surface area contributed by atoms with Crippen LogP contribution in [0.1, 0.15) is 50.7 Å². The van der Waals surface area contributed by atoms with E-state index in [1.807, 2.05) is 12.1 Å². The van der Waals surface area contributed by atoms with Crippen LogP contribution in [0.25, 0.3) is 11.1 Å². The Morgan fingerprint density at radius 1 is 0.810 bits per heavy atom. The first-order chi connectivity index (χ1) is 10.3. The van der Waals surface area contributed by atoms with Crippen LogP contribution in [0, 0.1) is 0 Å². The van der Waals surface area contributed by atoms with E-state index in [-0.39, 0.29) is 0 Å². The van der Waals surface area contributed by atoms with Gasteiger partial charge in [-0.1, -0.05) is 63.1 Å². The number of aromatic hydroxyl groups is 1. The summed E-state index contributed by atoms with van der Waals surface area (Å²) in [6.07, 6.45) is 6.68. The summed E-state index contributed by atoms with van der Waals surface area (Å²) in [4.78, 5) is 0. The fourth-order valence-corrected chi connectivity index (χ4v) is 2.83. The third-order valence-corrected chi connectivity index (χ3v) is 4.02. The van der Waals surface area contributed by atoms with E-state index in [1.54, 1.807) is 0 Å². The van der Waals surface area contributed by atoms with Crippen molar-refractivity contribution in [1.29, 1.82) is 0 Å². The summed E-state index contributed by atoms with van der Waals surface area (Å²) >= 11 is 0. The van der Waals surface area contributed by atoms with Crippen molar-refractivity contribution in [2.45, 2.75) is 52.4 Å². The SMILES string of the molecule is CCCCc1ccc(O)c(CCCC)c1-c1ccccc1. The van der Waals surface area contributed by atoms with E-state index in [9.17, 15) is 5.11 Å². The molecule has 0 fully saturated rings. The highest BCUT2D eigenvalue weighted by Gasteiger charge is 2.14. The number of aryl methyl sites for hydroxylation is 1. The highest BCUT2D eigenvalue weighted by atomic mass is 16.3. The molecule has 0 bridgehead atoms. The largest absolute Gasteiger partial charge is 0.508 e. The summed E-state index contributed by atoms with van der Waals surface area (Å²) in [5.41, 5.74) is 4.98. The number of unbranched alkanes of at least 4 members (excludes halogenated alkanes) is 2. The van der Waals surface area contributed by atoms with Gasteiger partial charge in [-0.15, -0.1) is 0 Å². The van der Waals surface area contributed by atoms with E-state index in [4.69, 9.17) is 0 Å². The maximum Gasteiger partial charge on any atom is 0.119 e. The first kappa shape index (κ1) is 15.6. The van der Waals surface area contributed by atoms with Gasteiger partial charge in [-0.25, -0.2) is 0 Å². The van der Waals surface area contributed by atoms with E-state index in [0.29, 0.717) is 5.75 Å². The van der Waals surface area contributed by atoms with Gasteiger partial charge in [0.1, 0.15) is 5.75 Å². The van der Waals surface area contributed by atoms with Crippen molar-refractivity contribution in [2.24, 2.45) is 0 Å². The highest BCUT2D eigenvalue weighted by molar-refractivity contribution is 5.73. The summed E-state index contributed by atoms with van der Waals surface area (Å²) in [7, 11) is 0. The molecule has 0 aliphatic carbocycles. The molecule has 112 valence electrons. The molecule has 0 heterocycles. The minimum atomic E-state index is 0.447. The van der Waals surface area contributed by atoms with E-state index in [0.717, 1.165) is 31.2 Å².